The highest BCUT2D eigenvalue weighted by Gasteiger charge is 2.38. The molecule has 0 radical (unpaired) electrons. The first-order chi connectivity index (χ1) is 11.8. The van der Waals surface area contributed by atoms with Gasteiger partial charge in [0.05, 0.1) is 37.7 Å². The number of rotatable bonds is 4. The summed E-state index contributed by atoms with van der Waals surface area (Å²) in [5, 5.41) is 3.38. The molecular formula is C18H22N2O4S. The summed E-state index contributed by atoms with van der Waals surface area (Å²) in [5.74, 6) is 0.747. The van der Waals surface area contributed by atoms with Crippen molar-refractivity contribution in [3.05, 3.63) is 42.5 Å². The molecule has 0 spiro atoms. The molecule has 1 aliphatic rings. The minimum atomic E-state index is -3.83. The third-order valence-electron chi connectivity index (χ3n) is 4.12. The summed E-state index contributed by atoms with van der Waals surface area (Å²) in [6.45, 7) is 4.23. The fourth-order valence-electron chi connectivity index (χ4n) is 2.96. The predicted octanol–water partition coefficient (Wildman–Crippen LogP) is 3.10. The number of fused-ring (bicyclic) bond motifs is 1. The van der Waals surface area contributed by atoms with E-state index < -0.39 is 15.6 Å². The van der Waals surface area contributed by atoms with Crippen molar-refractivity contribution in [3.8, 4) is 11.5 Å². The number of nitrogens with one attached hydrogen (secondary N) is 1. The standard InChI is InChI=1S/C18H22N2O4S/c1-18(2)12-20(15-8-6-5-7-14(15)19-18)25(21,22)17-11-13(23-3)9-10-16(17)24-4/h5-11,19H,12H2,1-4H3. The van der Waals surface area contributed by atoms with Crippen LogP contribution in [-0.4, -0.2) is 34.7 Å². The Morgan fingerprint density at radius 3 is 2.48 bits per heavy atom. The van der Waals surface area contributed by atoms with Gasteiger partial charge in [-0.3, -0.25) is 4.31 Å². The zero-order valence-corrected chi connectivity index (χ0v) is 15.6. The number of hydrogen-bond acceptors (Lipinski definition) is 5. The van der Waals surface area contributed by atoms with Crippen molar-refractivity contribution in [1.29, 1.82) is 0 Å². The second kappa shape index (κ2) is 6.15. The molecule has 2 aromatic carbocycles. The maximum atomic E-state index is 13.4. The van der Waals surface area contributed by atoms with E-state index in [1.165, 1.54) is 24.6 Å². The third kappa shape index (κ3) is 3.11. The molecule has 1 N–H and O–H groups in total. The summed E-state index contributed by atoms with van der Waals surface area (Å²) in [6.07, 6.45) is 0. The first kappa shape index (κ1) is 17.4. The van der Waals surface area contributed by atoms with Crippen molar-refractivity contribution < 1.29 is 17.9 Å². The summed E-state index contributed by atoms with van der Waals surface area (Å²) in [4.78, 5) is 0.0850. The van der Waals surface area contributed by atoms with E-state index in [4.69, 9.17) is 9.47 Å². The number of hydrogen-bond donors (Lipinski definition) is 1. The summed E-state index contributed by atoms with van der Waals surface area (Å²) < 4.78 is 38.8. The van der Waals surface area contributed by atoms with Crippen LogP contribution in [0.1, 0.15) is 13.8 Å². The van der Waals surface area contributed by atoms with E-state index in [1.807, 2.05) is 32.0 Å². The van der Waals surface area contributed by atoms with Crippen LogP contribution in [0.15, 0.2) is 47.4 Å². The topological polar surface area (TPSA) is 67.9 Å². The number of anilines is 2. The fraction of sp³-hybridized carbons (Fsp3) is 0.333. The number of methoxy groups -OCH3 is 2. The number of nitrogens with zero attached hydrogens (tertiary/aromatic N) is 1. The highest BCUT2D eigenvalue weighted by atomic mass is 32.2. The van der Waals surface area contributed by atoms with Gasteiger partial charge in [-0.15, -0.1) is 0 Å². The van der Waals surface area contributed by atoms with Crippen LogP contribution in [-0.2, 0) is 10.0 Å². The smallest absolute Gasteiger partial charge is 0.268 e. The molecular weight excluding hydrogens is 340 g/mol. The SMILES string of the molecule is COc1ccc(OC)c(S(=O)(=O)N2CC(C)(C)Nc3ccccc32)c1. The van der Waals surface area contributed by atoms with Gasteiger partial charge >= 0.3 is 0 Å². The Kier molecular flexibility index (Phi) is 4.28. The fourth-order valence-corrected chi connectivity index (χ4v) is 4.78. The number of para-hydroxylation sites is 2. The Morgan fingerprint density at radius 1 is 1.08 bits per heavy atom. The molecule has 0 aliphatic carbocycles. The molecule has 0 unspecified atom stereocenters. The van der Waals surface area contributed by atoms with E-state index in [2.05, 4.69) is 5.32 Å². The van der Waals surface area contributed by atoms with Gasteiger partial charge in [-0.2, -0.15) is 0 Å². The number of benzene rings is 2. The van der Waals surface area contributed by atoms with Crippen LogP contribution < -0.4 is 19.1 Å². The summed E-state index contributed by atoms with van der Waals surface area (Å²) in [7, 11) is -0.877. The van der Waals surface area contributed by atoms with Gasteiger partial charge in [-0.1, -0.05) is 12.1 Å². The van der Waals surface area contributed by atoms with Crippen molar-refractivity contribution in [2.75, 3.05) is 30.4 Å². The molecule has 0 aromatic heterocycles. The van der Waals surface area contributed by atoms with Crippen molar-refractivity contribution >= 4 is 21.4 Å². The van der Waals surface area contributed by atoms with Gasteiger partial charge in [0.15, 0.2) is 0 Å². The molecule has 1 aliphatic heterocycles. The van der Waals surface area contributed by atoms with Crippen LogP contribution in [0.5, 0.6) is 11.5 Å². The summed E-state index contributed by atoms with van der Waals surface area (Å²) >= 11 is 0. The molecule has 0 fully saturated rings. The van der Waals surface area contributed by atoms with Crippen LogP contribution in [0.25, 0.3) is 0 Å². The van der Waals surface area contributed by atoms with Crippen molar-refractivity contribution in [1.82, 2.24) is 0 Å². The van der Waals surface area contributed by atoms with E-state index in [-0.39, 0.29) is 10.6 Å². The minimum absolute atomic E-state index is 0.0850. The Balaban J connectivity index is 2.18. The Morgan fingerprint density at radius 2 is 1.80 bits per heavy atom. The minimum Gasteiger partial charge on any atom is -0.497 e. The average Bonchev–Trinajstić information content (AvgIpc) is 2.59. The van der Waals surface area contributed by atoms with Gasteiger partial charge in [0.1, 0.15) is 16.4 Å². The first-order valence-corrected chi connectivity index (χ1v) is 9.34. The number of sulfonamides is 1. The van der Waals surface area contributed by atoms with Crippen LogP contribution in [0.3, 0.4) is 0 Å². The summed E-state index contributed by atoms with van der Waals surface area (Å²) in [5.41, 5.74) is 0.990. The lowest BCUT2D eigenvalue weighted by Crippen LogP contribution is -2.50. The lowest BCUT2D eigenvalue weighted by atomic mass is 10.0. The molecule has 6 nitrogen and oxygen atoms in total. The van der Waals surface area contributed by atoms with Crippen molar-refractivity contribution in [3.63, 3.8) is 0 Å². The van der Waals surface area contributed by atoms with Crippen LogP contribution in [0.2, 0.25) is 0 Å². The van der Waals surface area contributed by atoms with Crippen molar-refractivity contribution in [2.45, 2.75) is 24.3 Å². The number of ether oxygens (including phenoxy) is 2. The van der Waals surface area contributed by atoms with E-state index in [9.17, 15) is 8.42 Å². The van der Waals surface area contributed by atoms with E-state index >= 15 is 0 Å². The highest BCUT2D eigenvalue weighted by Crippen LogP contribution is 2.40. The molecule has 0 saturated heterocycles. The van der Waals surface area contributed by atoms with Crippen LogP contribution >= 0.6 is 0 Å². The van der Waals surface area contributed by atoms with Crippen molar-refractivity contribution in [2.24, 2.45) is 0 Å². The zero-order chi connectivity index (χ0) is 18.2. The molecule has 7 heteroatoms. The monoisotopic (exact) mass is 362 g/mol. The maximum Gasteiger partial charge on any atom is 0.268 e. The van der Waals surface area contributed by atoms with Crippen LogP contribution in [0.4, 0.5) is 11.4 Å². The Bertz CT molecular complexity index is 894. The molecule has 0 atom stereocenters. The highest BCUT2D eigenvalue weighted by molar-refractivity contribution is 7.93. The van der Waals surface area contributed by atoms with Gasteiger partial charge in [0.2, 0.25) is 0 Å². The van der Waals surface area contributed by atoms with Gasteiger partial charge in [0, 0.05) is 6.07 Å². The molecule has 0 bridgehead atoms. The van der Waals surface area contributed by atoms with E-state index in [0.29, 0.717) is 18.0 Å². The normalized spacial score (nSPS) is 15.9. The predicted molar refractivity (Wildman–Crippen MR) is 98.2 cm³/mol. The first-order valence-electron chi connectivity index (χ1n) is 7.90. The third-order valence-corrected chi connectivity index (χ3v) is 5.90. The van der Waals surface area contributed by atoms with E-state index in [0.717, 1.165) is 5.69 Å². The average molecular weight is 362 g/mol. The molecule has 1 heterocycles. The van der Waals surface area contributed by atoms with Gasteiger partial charge in [0.25, 0.3) is 10.0 Å². The van der Waals surface area contributed by atoms with Gasteiger partial charge in [-0.05, 0) is 38.1 Å². The largest absolute Gasteiger partial charge is 0.497 e. The second-order valence-electron chi connectivity index (χ2n) is 6.55. The van der Waals surface area contributed by atoms with E-state index in [1.54, 1.807) is 18.2 Å². The molecule has 25 heavy (non-hydrogen) atoms. The van der Waals surface area contributed by atoms with Crippen LogP contribution in [0, 0.1) is 0 Å². The Hall–Kier alpha value is -2.41. The van der Waals surface area contributed by atoms with Gasteiger partial charge in [-0.25, -0.2) is 8.42 Å². The molecule has 2 aromatic rings. The zero-order valence-electron chi connectivity index (χ0n) is 14.7. The molecule has 134 valence electrons. The second-order valence-corrected chi connectivity index (χ2v) is 8.39. The molecule has 0 saturated carbocycles. The molecule has 0 amide bonds. The maximum absolute atomic E-state index is 13.4. The lowest BCUT2D eigenvalue weighted by Gasteiger charge is -2.41. The van der Waals surface area contributed by atoms with Gasteiger partial charge < -0.3 is 14.8 Å². The summed E-state index contributed by atoms with van der Waals surface area (Å²) in [6, 6.07) is 12.1. The molecule has 3 rings (SSSR count). The lowest BCUT2D eigenvalue weighted by molar-refractivity contribution is 0.392. The quantitative estimate of drug-likeness (QED) is 0.905. The Labute approximate surface area is 148 Å².